The highest BCUT2D eigenvalue weighted by atomic mass is 19.4. The Morgan fingerprint density at radius 1 is 1.22 bits per heavy atom. The van der Waals surface area contributed by atoms with Crippen molar-refractivity contribution in [1.82, 2.24) is 4.90 Å². The van der Waals surface area contributed by atoms with Crippen LogP contribution in [0.2, 0.25) is 0 Å². The summed E-state index contributed by atoms with van der Waals surface area (Å²) in [5, 5.41) is 0. The number of carbonyl (C=O) groups is 2. The number of halogens is 3. The Labute approximate surface area is 131 Å². The summed E-state index contributed by atoms with van der Waals surface area (Å²) in [4.78, 5) is 25.8. The number of nitrogens with zero attached hydrogens (tertiary/aromatic N) is 1. The van der Waals surface area contributed by atoms with Crippen LogP contribution in [-0.2, 0) is 9.53 Å². The fourth-order valence-corrected chi connectivity index (χ4v) is 1.68. The highest BCUT2D eigenvalue weighted by Crippen LogP contribution is 2.28. The third-order valence-corrected chi connectivity index (χ3v) is 2.48. The largest absolute Gasteiger partial charge is 0.573 e. The lowest BCUT2D eigenvalue weighted by molar-refractivity contribution is -0.274. The SMILES string of the molecule is CCOC(=O)/C(=C\N(C)C)C(=O)c1ccccc1OC(F)(F)F. The van der Waals surface area contributed by atoms with E-state index in [-0.39, 0.29) is 12.2 Å². The maximum Gasteiger partial charge on any atom is 0.573 e. The van der Waals surface area contributed by atoms with Gasteiger partial charge in [0.15, 0.2) is 0 Å². The van der Waals surface area contributed by atoms with Gasteiger partial charge in [0.25, 0.3) is 0 Å². The Bertz CT molecular complexity index is 609. The fourth-order valence-electron chi connectivity index (χ4n) is 1.68. The molecule has 0 heterocycles. The quantitative estimate of drug-likeness (QED) is 0.264. The Balaban J connectivity index is 3.27. The number of esters is 1. The molecule has 0 N–H and O–H groups in total. The summed E-state index contributed by atoms with van der Waals surface area (Å²) < 4.78 is 45.9. The second kappa shape index (κ2) is 7.66. The van der Waals surface area contributed by atoms with Gasteiger partial charge in [0.05, 0.1) is 12.2 Å². The summed E-state index contributed by atoms with van der Waals surface area (Å²) in [6, 6.07) is 4.80. The number of rotatable bonds is 6. The zero-order chi connectivity index (χ0) is 17.6. The molecule has 1 aromatic rings. The monoisotopic (exact) mass is 331 g/mol. The molecule has 1 aromatic carbocycles. The molecule has 0 aliphatic carbocycles. The van der Waals surface area contributed by atoms with E-state index >= 15 is 0 Å². The molecule has 0 aliphatic heterocycles. The molecular weight excluding hydrogens is 315 g/mol. The standard InChI is InChI=1S/C15H16F3NO4/c1-4-22-14(21)11(9-19(2)3)13(20)10-7-5-6-8-12(10)23-15(16,17)18/h5-9H,4H2,1-3H3/b11-9-. The fraction of sp³-hybridized carbons (Fsp3) is 0.333. The maximum atomic E-state index is 12.5. The number of ketones is 1. The smallest absolute Gasteiger partial charge is 0.462 e. The molecule has 0 unspecified atom stereocenters. The molecular formula is C15H16F3NO4. The molecule has 126 valence electrons. The third kappa shape index (κ3) is 5.65. The first-order valence-electron chi connectivity index (χ1n) is 6.60. The third-order valence-electron chi connectivity index (χ3n) is 2.48. The van der Waals surface area contributed by atoms with Crippen molar-refractivity contribution in [2.45, 2.75) is 13.3 Å². The number of benzene rings is 1. The van der Waals surface area contributed by atoms with Crippen molar-refractivity contribution in [1.29, 1.82) is 0 Å². The van der Waals surface area contributed by atoms with Gasteiger partial charge in [-0.3, -0.25) is 4.79 Å². The molecule has 0 spiro atoms. The van der Waals surface area contributed by atoms with Gasteiger partial charge in [0.1, 0.15) is 11.3 Å². The van der Waals surface area contributed by atoms with Crippen LogP contribution in [0.1, 0.15) is 17.3 Å². The maximum absolute atomic E-state index is 12.5. The highest BCUT2D eigenvalue weighted by Gasteiger charge is 2.34. The summed E-state index contributed by atoms with van der Waals surface area (Å²) in [5.74, 6) is -2.52. The Kier molecular flexibility index (Phi) is 6.18. The zero-order valence-corrected chi connectivity index (χ0v) is 12.8. The number of hydrogen-bond acceptors (Lipinski definition) is 5. The summed E-state index contributed by atoms with van der Waals surface area (Å²) in [6.45, 7) is 1.58. The Morgan fingerprint density at radius 2 is 1.83 bits per heavy atom. The molecule has 0 radical (unpaired) electrons. The normalized spacial score (nSPS) is 11.8. The van der Waals surface area contributed by atoms with Gasteiger partial charge >= 0.3 is 12.3 Å². The topological polar surface area (TPSA) is 55.8 Å². The summed E-state index contributed by atoms with van der Waals surface area (Å²) >= 11 is 0. The van der Waals surface area contributed by atoms with E-state index in [0.717, 1.165) is 12.1 Å². The van der Waals surface area contributed by atoms with E-state index in [4.69, 9.17) is 4.74 Å². The summed E-state index contributed by atoms with van der Waals surface area (Å²) in [5.41, 5.74) is -0.777. The average Bonchev–Trinajstić information content (AvgIpc) is 2.43. The van der Waals surface area contributed by atoms with Crippen LogP contribution in [0.4, 0.5) is 13.2 Å². The van der Waals surface area contributed by atoms with E-state index < -0.39 is 29.4 Å². The van der Waals surface area contributed by atoms with E-state index in [1.54, 1.807) is 21.0 Å². The van der Waals surface area contributed by atoms with Crippen molar-refractivity contribution in [2.75, 3.05) is 20.7 Å². The molecule has 0 saturated heterocycles. The molecule has 8 heteroatoms. The van der Waals surface area contributed by atoms with Crippen LogP contribution >= 0.6 is 0 Å². The van der Waals surface area contributed by atoms with Gasteiger partial charge in [-0.25, -0.2) is 4.79 Å². The van der Waals surface area contributed by atoms with Crippen LogP contribution in [0.3, 0.4) is 0 Å². The van der Waals surface area contributed by atoms with Gasteiger partial charge < -0.3 is 14.4 Å². The van der Waals surface area contributed by atoms with Crippen LogP contribution in [0, 0.1) is 0 Å². The zero-order valence-electron chi connectivity index (χ0n) is 12.8. The van der Waals surface area contributed by atoms with Crippen molar-refractivity contribution in [3.8, 4) is 5.75 Å². The Morgan fingerprint density at radius 3 is 2.35 bits per heavy atom. The van der Waals surface area contributed by atoms with Gasteiger partial charge in [0, 0.05) is 20.3 Å². The van der Waals surface area contributed by atoms with Crippen LogP contribution < -0.4 is 4.74 Å². The second-order valence-corrected chi connectivity index (χ2v) is 4.60. The number of Topliss-reactive ketones (excluding diaryl/α,β-unsaturated/α-hetero) is 1. The summed E-state index contributed by atoms with van der Waals surface area (Å²) in [7, 11) is 3.12. The molecule has 0 aromatic heterocycles. The molecule has 0 bridgehead atoms. The van der Waals surface area contributed by atoms with Gasteiger partial charge in [-0.2, -0.15) is 0 Å². The molecule has 0 atom stereocenters. The average molecular weight is 331 g/mol. The first kappa shape index (κ1) is 18.5. The predicted octanol–water partition coefficient (Wildman–Crippen LogP) is 2.78. The molecule has 0 aliphatic rings. The van der Waals surface area contributed by atoms with Gasteiger partial charge in [-0.15, -0.1) is 13.2 Å². The number of ether oxygens (including phenoxy) is 2. The van der Waals surface area contributed by atoms with Crippen LogP contribution in [0.25, 0.3) is 0 Å². The van der Waals surface area contributed by atoms with E-state index in [9.17, 15) is 22.8 Å². The molecule has 0 fully saturated rings. The van der Waals surface area contributed by atoms with Crippen LogP contribution in [0.5, 0.6) is 5.75 Å². The lowest BCUT2D eigenvalue weighted by atomic mass is 10.0. The first-order chi connectivity index (χ1) is 10.7. The minimum absolute atomic E-state index is 0.0254. The lowest BCUT2D eigenvalue weighted by Crippen LogP contribution is -2.22. The number of carbonyl (C=O) groups excluding carboxylic acids is 2. The van der Waals surface area contributed by atoms with Crippen LogP contribution in [-0.4, -0.2) is 43.7 Å². The minimum atomic E-state index is -4.95. The van der Waals surface area contributed by atoms with E-state index in [1.807, 2.05) is 0 Å². The first-order valence-corrected chi connectivity index (χ1v) is 6.60. The second-order valence-electron chi connectivity index (χ2n) is 4.60. The van der Waals surface area contributed by atoms with Gasteiger partial charge in [0.2, 0.25) is 5.78 Å². The lowest BCUT2D eigenvalue weighted by Gasteiger charge is -2.14. The van der Waals surface area contributed by atoms with E-state index in [2.05, 4.69) is 4.74 Å². The van der Waals surface area contributed by atoms with Gasteiger partial charge in [-0.05, 0) is 19.1 Å². The molecule has 5 nitrogen and oxygen atoms in total. The van der Waals surface area contributed by atoms with Gasteiger partial charge in [-0.1, -0.05) is 12.1 Å². The number of hydrogen-bond donors (Lipinski definition) is 0. The highest BCUT2D eigenvalue weighted by molar-refractivity contribution is 6.25. The van der Waals surface area contributed by atoms with Crippen LogP contribution in [0.15, 0.2) is 36.0 Å². The minimum Gasteiger partial charge on any atom is -0.462 e. The van der Waals surface area contributed by atoms with Crippen molar-refractivity contribution in [2.24, 2.45) is 0 Å². The molecule has 1 rings (SSSR count). The molecule has 23 heavy (non-hydrogen) atoms. The number of para-hydroxylation sites is 1. The van der Waals surface area contributed by atoms with Crippen molar-refractivity contribution in [3.63, 3.8) is 0 Å². The molecule has 0 saturated carbocycles. The summed E-state index contributed by atoms with van der Waals surface area (Å²) in [6.07, 6.45) is -3.77. The molecule has 0 amide bonds. The van der Waals surface area contributed by atoms with Crippen molar-refractivity contribution >= 4 is 11.8 Å². The predicted molar refractivity (Wildman–Crippen MR) is 75.9 cm³/mol. The van der Waals surface area contributed by atoms with E-state index in [0.29, 0.717) is 0 Å². The Hall–Kier alpha value is -2.51. The van der Waals surface area contributed by atoms with Crippen molar-refractivity contribution in [3.05, 3.63) is 41.6 Å². The van der Waals surface area contributed by atoms with Crippen molar-refractivity contribution < 1.29 is 32.2 Å². The van der Waals surface area contributed by atoms with E-state index in [1.165, 1.54) is 23.2 Å². The number of alkyl halides is 3.